The number of pyridine rings is 2. The van der Waals surface area contributed by atoms with Crippen LogP contribution in [0.15, 0.2) is 84.1 Å². The summed E-state index contributed by atoms with van der Waals surface area (Å²) in [4.78, 5) is 44.2. The number of para-hydroxylation sites is 1. The van der Waals surface area contributed by atoms with Crippen molar-refractivity contribution in [3.8, 4) is 11.6 Å². The Balaban J connectivity index is 1.23. The number of ether oxygens (including phenoxy) is 1. The number of hydrogen-bond donors (Lipinski definition) is 3. The van der Waals surface area contributed by atoms with E-state index in [4.69, 9.17) is 20.4 Å². The van der Waals surface area contributed by atoms with E-state index in [0.717, 1.165) is 36.9 Å². The molecule has 4 N–H and O–H groups in total. The van der Waals surface area contributed by atoms with Gasteiger partial charge in [0.2, 0.25) is 23.5 Å². The Morgan fingerprint density at radius 2 is 1.88 bits per heavy atom. The number of carbonyl (C=O) groups excluding carboxylic acids is 1. The summed E-state index contributed by atoms with van der Waals surface area (Å²) in [5, 5.41) is 11.3. The largest absolute Gasteiger partial charge is 0.490 e. The van der Waals surface area contributed by atoms with Crippen molar-refractivity contribution in [2.45, 2.75) is 57.5 Å². The molecule has 246 valence electrons. The SMILES string of the molecule is COc1c(NC2CCCCC2)nc(/C=C/CCC(=O)c2cccn(Cc3cccnc3)c2=O)nc1-n1nc(Nc2ccccc2)nc1N. The maximum Gasteiger partial charge on any atom is 0.261 e. The predicted molar refractivity (Wildman–Crippen MR) is 185 cm³/mol. The molecule has 6 rings (SSSR count). The van der Waals surface area contributed by atoms with E-state index >= 15 is 0 Å². The van der Waals surface area contributed by atoms with Crippen LogP contribution in [0, 0.1) is 0 Å². The van der Waals surface area contributed by atoms with Crippen LogP contribution in [0.25, 0.3) is 11.9 Å². The van der Waals surface area contributed by atoms with Crippen LogP contribution in [0.3, 0.4) is 0 Å². The normalized spacial score (nSPS) is 13.4. The molecule has 13 nitrogen and oxygen atoms in total. The maximum absolute atomic E-state index is 13.1. The van der Waals surface area contributed by atoms with Gasteiger partial charge in [-0.25, -0.2) is 9.97 Å². The number of aromatic nitrogens is 7. The summed E-state index contributed by atoms with van der Waals surface area (Å²) in [6.45, 7) is 0.335. The van der Waals surface area contributed by atoms with E-state index in [-0.39, 0.29) is 35.3 Å². The van der Waals surface area contributed by atoms with Gasteiger partial charge in [0.1, 0.15) is 0 Å². The molecule has 4 aromatic heterocycles. The number of nitrogens with two attached hydrogens (primary N) is 1. The molecule has 0 bridgehead atoms. The smallest absolute Gasteiger partial charge is 0.261 e. The molecule has 0 saturated heterocycles. The molecular formula is C35H38N10O3. The fourth-order valence-corrected chi connectivity index (χ4v) is 5.68. The molecule has 13 heteroatoms. The van der Waals surface area contributed by atoms with Gasteiger partial charge in [-0.05, 0) is 61.2 Å². The lowest BCUT2D eigenvalue weighted by molar-refractivity contribution is 0.0981. The van der Waals surface area contributed by atoms with Gasteiger partial charge in [0.25, 0.3) is 5.56 Å². The number of methoxy groups -OCH3 is 1. The van der Waals surface area contributed by atoms with E-state index in [0.29, 0.717) is 42.1 Å². The fraction of sp³-hybridized carbons (Fsp3) is 0.286. The van der Waals surface area contributed by atoms with Gasteiger partial charge < -0.3 is 25.7 Å². The number of carbonyl (C=O) groups is 1. The predicted octanol–water partition coefficient (Wildman–Crippen LogP) is 5.42. The molecule has 1 aromatic carbocycles. The van der Waals surface area contributed by atoms with Crippen molar-refractivity contribution in [1.82, 2.24) is 34.3 Å². The molecular weight excluding hydrogens is 608 g/mol. The molecule has 1 saturated carbocycles. The van der Waals surface area contributed by atoms with Gasteiger partial charge in [-0.1, -0.05) is 49.6 Å². The van der Waals surface area contributed by atoms with Crippen LogP contribution < -0.4 is 26.7 Å². The van der Waals surface area contributed by atoms with Crippen molar-refractivity contribution in [3.63, 3.8) is 0 Å². The van der Waals surface area contributed by atoms with Gasteiger partial charge in [-0.15, -0.1) is 5.10 Å². The molecule has 1 aliphatic carbocycles. The zero-order valence-electron chi connectivity index (χ0n) is 26.7. The van der Waals surface area contributed by atoms with Gasteiger partial charge >= 0.3 is 0 Å². The first kappa shape index (κ1) is 32.1. The second-order valence-electron chi connectivity index (χ2n) is 11.5. The third kappa shape index (κ3) is 7.74. The Kier molecular flexibility index (Phi) is 10.1. The highest BCUT2D eigenvalue weighted by atomic mass is 16.5. The van der Waals surface area contributed by atoms with E-state index in [1.807, 2.05) is 48.5 Å². The second-order valence-corrected chi connectivity index (χ2v) is 11.5. The Morgan fingerprint density at radius 3 is 2.65 bits per heavy atom. The number of Topliss-reactive ketones (excluding diaryl/α,β-unsaturated/α-hetero) is 1. The minimum absolute atomic E-state index is 0.117. The standard InChI is InChI=1S/C35H38N10O3/c1-48-30-31(38-25-13-4-2-5-14-25)40-29(41-32(30)45-34(36)42-35(43-45)39-26-15-6-3-7-16-26)19-9-8-18-28(46)27-17-11-21-44(33(27)47)23-24-12-10-20-37-22-24/h3,6-7,9-12,15-17,19-22,25H,2,4-5,8,13-14,18,23H2,1H3,(H,38,40,41)(H3,36,39,42,43)/b19-9+. The molecule has 1 aliphatic rings. The highest BCUT2D eigenvalue weighted by molar-refractivity contribution is 5.95. The molecule has 0 unspecified atom stereocenters. The number of nitrogens with one attached hydrogen (secondary N) is 2. The lowest BCUT2D eigenvalue weighted by Crippen LogP contribution is -2.26. The summed E-state index contributed by atoms with van der Waals surface area (Å²) in [5.41, 5.74) is 7.84. The average Bonchev–Trinajstić information content (AvgIpc) is 3.47. The van der Waals surface area contributed by atoms with Crippen LogP contribution in [0.5, 0.6) is 5.75 Å². The highest BCUT2D eigenvalue weighted by Gasteiger charge is 2.23. The molecule has 0 amide bonds. The summed E-state index contributed by atoms with van der Waals surface area (Å²) in [7, 11) is 1.56. The van der Waals surface area contributed by atoms with Crippen molar-refractivity contribution in [2.75, 3.05) is 23.5 Å². The summed E-state index contributed by atoms with van der Waals surface area (Å²) in [6, 6.07) is 16.8. The molecule has 0 aliphatic heterocycles. The Hall–Kier alpha value is -5.85. The summed E-state index contributed by atoms with van der Waals surface area (Å²) >= 11 is 0. The Morgan fingerprint density at radius 1 is 1.04 bits per heavy atom. The number of rotatable bonds is 13. The van der Waals surface area contributed by atoms with Crippen molar-refractivity contribution >= 4 is 35.3 Å². The first-order valence-corrected chi connectivity index (χ1v) is 16.0. The second kappa shape index (κ2) is 15.2. The van der Waals surface area contributed by atoms with Crippen molar-refractivity contribution in [2.24, 2.45) is 0 Å². The van der Waals surface area contributed by atoms with Gasteiger partial charge in [0, 0.05) is 36.7 Å². The van der Waals surface area contributed by atoms with Crippen LogP contribution in [0.1, 0.15) is 66.7 Å². The minimum atomic E-state index is -0.330. The maximum atomic E-state index is 13.1. The molecule has 4 heterocycles. The monoisotopic (exact) mass is 646 g/mol. The summed E-state index contributed by atoms with van der Waals surface area (Å²) < 4.78 is 8.76. The van der Waals surface area contributed by atoms with E-state index in [1.165, 1.54) is 15.7 Å². The van der Waals surface area contributed by atoms with E-state index in [1.54, 1.807) is 43.9 Å². The summed E-state index contributed by atoms with van der Waals surface area (Å²) in [6.07, 6.45) is 14.7. The van der Waals surface area contributed by atoms with Crippen LogP contribution >= 0.6 is 0 Å². The van der Waals surface area contributed by atoms with Crippen molar-refractivity contribution in [1.29, 1.82) is 0 Å². The van der Waals surface area contributed by atoms with Crippen LogP contribution in [-0.4, -0.2) is 53.2 Å². The lowest BCUT2D eigenvalue weighted by Gasteiger charge is -2.24. The number of allylic oxidation sites excluding steroid dienone is 1. The van der Waals surface area contributed by atoms with Crippen LogP contribution in [-0.2, 0) is 6.54 Å². The average molecular weight is 647 g/mol. The third-order valence-corrected chi connectivity index (χ3v) is 8.08. The van der Waals surface area contributed by atoms with E-state index in [2.05, 4.69) is 25.7 Å². The van der Waals surface area contributed by atoms with Gasteiger partial charge in [0.05, 0.1) is 19.2 Å². The number of anilines is 4. The van der Waals surface area contributed by atoms with E-state index < -0.39 is 0 Å². The topological polar surface area (TPSA) is 168 Å². The minimum Gasteiger partial charge on any atom is -0.490 e. The number of nitrogen functional groups attached to an aromatic ring is 1. The lowest BCUT2D eigenvalue weighted by atomic mass is 9.95. The Labute approximate surface area is 278 Å². The first-order valence-electron chi connectivity index (χ1n) is 16.0. The highest BCUT2D eigenvalue weighted by Crippen LogP contribution is 2.33. The molecule has 5 aromatic rings. The number of benzene rings is 1. The van der Waals surface area contributed by atoms with E-state index in [9.17, 15) is 9.59 Å². The molecule has 48 heavy (non-hydrogen) atoms. The molecule has 1 fully saturated rings. The zero-order valence-corrected chi connectivity index (χ0v) is 26.7. The number of nitrogens with zero attached hydrogens (tertiary/aromatic N) is 7. The number of hydrogen-bond acceptors (Lipinski definition) is 11. The van der Waals surface area contributed by atoms with Crippen LogP contribution in [0.4, 0.5) is 23.4 Å². The van der Waals surface area contributed by atoms with Crippen molar-refractivity contribution in [3.05, 3.63) is 107 Å². The summed E-state index contributed by atoms with van der Waals surface area (Å²) in [5.74, 6) is 1.80. The Bertz CT molecular complexity index is 1930. The van der Waals surface area contributed by atoms with Crippen LogP contribution in [0.2, 0.25) is 0 Å². The zero-order chi connectivity index (χ0) is 33.3. The van der Waals surface area contributed by atoms with Crippen molar-refractivity contribution < 1.29 is 9.53 Å². The fourth-order valence-electron chi connectivity index (χ4n) is 5.68. The molecule has 0 spiro atoms. The third-order valence-electron chi connectivity index (χ3n) is 8.08. The number of ketones is 1. The molecule has 0 radical (unpaired) electrons. The molecule has 0 atom stereocenters. The quantitative estimate of drug-likeness (QED) is 0.140. The first-order chi connectivity index (χ1) is 23.5. The van der Waals surface area contributed by atoms with Gasteiger partial charge in [0.15, 0.2) is 17.4 Å². The van der Waals surface area contributed by atoms with Gasteiger partial charge in [-0.2, -0.15) is 9.67 Å². The van der Waals surface area contributed by atoms with Gasteiger partial charge in [-0.3, -0.25) is 14.6 Å².